The van der Waals surface area contributed by atoms with E-state index in [2.05, 4.69) is 11.9 Å². The molecule has 6 nitrogen and oxygen atoms in total. The van der Waals surface area contributed by atoms with Crippen LogP contribution in [0, 0.1) is 0 Å². The summed E-state index contributed by atoms with van der Waals surface area (Å²) in [6.07, 6.45) is 6.52. The average Bonchev–Trinajstić information content (AvgIpc) is 3.17. The number of hydrogen-bond donors (Lipinski definition) is 1. The number of hydrogen-bond acceptors (Lipinski definition) is 5. The first kappa shape index (κ1) is 15.7. The fourth-order valence-electron chi connectivity index (χ4n) is 3.50. The zero-order valence-electron chi connectivity index (χ0n) is 14.1. The molecule has 0 saturated heterocycles. The predicted octanol–water partition coefficient (Wildman–Crippen LogP) is 3.18. The molecular weight excluding hydrogens is 320 g/mol. The molecule has 1 amide bonds. The van der Waals surface area contributed by atoms with Crippen LogP contribution in [0.1, 0.15) is 43.2 Å². The van der Waals surface area contributed by atoms with Crippen molar-refractivity contribution in [2.45, 2.75) is 32.1 Å². The first-order chi connectivity index (χ1) is 12.2. The summed E-state index contributed by atoms with van der Waals surface area (Å²) in [5.74, 6) is 0.481. The van der Waals surface area contributed by atoms with E-state index in [1.807, 2.05) is 6.07 Å². The van der Waals surface area contributed by atoms with Crippen molar-refractivity contribution >= 4 is 11.6 Å². The number of carbonyl (C=O) groups excluding carboxylic acids is 1. The number of fused-ring (bicyclic) bond motifs is 2. The van der Waals surface area contributed by atoms with Crippen molar-refractivity contribution in [3.05, 3.63) is 41.7 Å². The number of rotatable bonds is 5. The summed E-state index contributed by atoms with van der Waals surface area (Å²) < 4.78 is 10.7. The molecule has 130 valence electrons. The lowest BCUT2D eigenvalue weighted by Gasteiger charge is -2.18. The van der Waals surface area contributed by atoms with E-state index in [1.165, 1.54) is 6.07 Å². The highest BCUT2D eigenvalue weighted by Crippen LogP contribution is 2.47. The minimum absolute atomic E-state index is 0.0340. The van der Waals surface area contributed by atoms with Crippen LogP contribution in [-0.4, -0.2) is 29.3 Å². The zero-order valence-corrected chi connectivity index (χ0v) is 14.1. The van der Waals surface area contributed by atoms with E-state index in [4.69, 9.17) is 9.47 Å². The van der Waals surface area contributed by atoms with Gasteiger partial charge in [0.1, 0.15) is 5.75 Å². The van der Waals surface area contributed by atoms with Gasteiger partial charge < -0.3 is 19.5 Å². The molecule has 4 rings (SSSR count). The fourth-order valence-corrected chi connectivity index (χ4v) is 3.50. The van der Waals surface area contributed by atoms with Crippen LogP contribution in [0.2, 0.25) is 0 Å². The van der Waals surface area contributed by atoms with Crippen LogP contribution in [0.3, 0.4) is 0 Å². The third kappa shape index (κ3) is 2.58. The van der Waals surface area contributed by atoms with Crippen LogP contribution < -0.4 is 14.4 Å². The highest BCUT2D eigenvalue weighted by Gasteiger charge is 2.40. The number of aromatic hydroxyl groups is 1. The van der Waals surface area contributed by atoms with Crippen molar-refractivity contribution in [1.29, 1.82) is 0 Å². The molecule has 0 bridgehead atoms. The summed E-state index contributed by atoms with van der Waals surface area (Å²) in [4.78, 5) is 19.1. The summed E-state index contributed by atoms with van der Waals surface area (Å²) in [5.41, 5.74) is 2.22. The molecule has 0 fully saturated rings. The largest absolute Gasteiger partial charge is 0.507 e. The standard InChI is InChI=1S/C19H20N2O4/c1-2-3-4-7-21-14-5-6-20-10-13(14)18(19(21)23)12-8-16-17(9-15(12)22)25-11-24-16/h5-6,8-10,18,22H,2-4,7,11H2,1H3. The Morgan fingerprint density at radius 1 is 1.24 bits per heavy atom. The van der Waals surface area contributed by atoms with Gasteiger partial charge in [-0.3, -0.25) is 9.78 Å². The second-order valence-electron chi connectivity index (χ2n) is 6.33. The number of phenolic OH excluding ortho intramolecular Hbond substituents is 1. The minimum atomic E-state index is -0.570. The summed E-state index contributed by atoms with van der Waals surface area (Å²) >= 11 is 0. The molecule has 6 heteroatoms. The summed E-state index contributed by atoms with van der Waals surface area (Å²) in [5, 5.41) is 10.5. The Morgan fingerprint density at radius 2 is 2.04 bits per heavy atom. The molecule has 3 heterocycles. The third-order valence-electron chi connectivity index (χ3n) is 4.76. The van der Waals surface area contributed by atoms with Gasteiger partial charge in [-0.15, -0.1) is 0 Å². The summed E-state index contributed by atoms with van der Waals surface area (Å²) in [7, 11) is 0. The molecule has 0 spiro atoms. The molecule has 1 aromatic heterocycles. The van der Waals surface area contributed by atoms with E-state index >= 15 is 0 Å². The van der Waals surface area contributed by atoms with Crippen molar-refractivity contribution < 1.29 is 19.4 Å². The van der Waals surface area contributed by atoms with Crippen LogP contribution in [-0.2, 0) is 4.79 Å². The quantitative estimate of drug-likeness (QED) is 0.847. The molecule has 2 aliphatic heterocycles. The number of anilines is 1. The number of benzene rings is 1. The van der Waals surface area contributed by atoms with Gasteiger partial charge in [-0.1, -0.05) is 19.8 Å². The molecule has 25 heavy (non-hydrogen) atoms. The molecule has 0 radical (unpaired) electrons. The molecule has 1 N–H and O–H groups in total. The molecule has 0 aliphatic carbocycles. The maximum absolute atomic E-state index is 13.1. The van der Waals surface area contributed by atoms with Crippen LogP contribution in [0.5, 0.6) is 17.2 Å². The fraction of sp³-hybridized carbons (Fsp3) is 0.368. The van der Waals surface area contributed by atoms with Crippen LogP contribution in [0.4, 0.5) is 5.69 Å². The Kier molecular flexibility index (Phi) is 3.95. The van der Waals surface area contributed by atoms with Crippen molar-refractivity contribution in [2.75, 3.05) is 18.2 Å². The van der Waals surface area contributed by atoms with Gasteiger partial charge in [0.15, 0.2) is 11.5 Å². The van der Waals surface area contributed by atoms with Gasteiger partial charge in [-0.25, -0.2) is 0 Å². The maximum atomic E-state index is 13.1. The summed E-state index contributed by atoms with van der Waals surface area (Å²) in [6, 6.07) is 5.08. The number of pyridine rings is 1. The monoisotopic (exact) mass is 340 g/mol. The van der Waals surface area contributed by atoms with E-state index in [9.17, 15) is 9.90 Å². The number of ether oxygens (including phenoxy) is 2. The van der Waals surface area contributed by atoms with E-state index in [-0.39, 0.29) is 18.4 Å². The van der Waals surface area contributed by atoms with Crippen LogP contribution in [0.15, 0.2) is 30.6 Å². The van der Waals surface area contributed by atoms with Gasteiger partial charge in [-0.2, -0.15) is 0 Å². The Labute approximate surface area is 146 Å². The van der Waals surface area contributed by atoms with E-state index in [0.29, 0.717) is 23.6 Å². The Hall–Kier alpha value is -2.76. The minimum Gasteiger partial charge on any atom is -0.507 e. The van der Waals surface area contributed by atoms with Crippen molar-refractivity contribution in [2.24, 2.45) is 0 Å². The first-order valence-electron chi connectivity index (χ1n) is 8.58. The van der Waals surface area contributed by atoms with Crippen molar-refractivity contribution in [3.63, 3.8) is 0 Å². The van der Waals surface area contributed by atoms with Gasteiger partial charge >= 0.3 is 0 Å². The lowest BCUT2D eigenvalue weighted by molar-refractivity contribution is -0.118. The Morgan fingerprint density at radius 3 is 2.84 bits per heavy atom. The van der Waals surface area contributed by atoms with Gasteiger partial charge in [0.05, 0.1) is 11.6 Å². The lowest BCUT2D eigenvalue weighted by atomic mass is 9.92. The number of carbonyl (C=O) groups is 1. The normalized spacial score (nSPS) is 17.9. The second-order valence-corrected chi connectivity index (χ2v) is 6.33. The smallest absolute Gasteiger partial charge is 0.239 e. The molecule has 1 atom stereocenters. The Bertz CT molecular complexity index is 821. The third-order valence-corrected chi connectivity index (χ3v) is 4.76. The van der Waals surface area contributed by atoms with E-state index in [1.54, 1.807) is 23.4 Å². The number of phenols is 1. The SMILES string of the molecule is CCCCCN1C(=O)C(c2cc3c(cc2O)OCO3)c2cnccc21. The molecule has 1 aromatic carbocycles. The van der Waals surface area contributed by atoms with Crippen LogP contribution in [0.25, 0.3) is 0 Å². The van der Waals surface area contributed by atoms with Gasteiger partial charge in [0, 0.05) is 36.1 Å². The maximum Gasteiger partial charge on any atom is 0.239 e. The molecule has 1 unspecified atom stereocenters. The van der Waals surface area contributed by atoms with Gasteiger partial charge in [-0.05, 0) is 18.6 Å². The molecule has 2 aliphatic rings. The molecule has 2 aromatic rings. The van der Waals surface area contributed by atoms with Gasteiger partial charge in [0.25, 0.3) is 0 Å². The van der Waals surface area contributed by atoms with E-state index in [0.717, 1.165) is 30.5 Å². The van der Waals surface area contributed by atoms with E-state index < -0.39 is 5.92 Å². The highest BCUT2D eigenvalue weighted by atomic mass is 16.7. The number of nitrogens with zero attached hydrogens (tertiary/aromatic N) is 2. The zero-order chi connectivity index (χ0) is 17.4. The first-order valence-corrected chi connectivity index (χ1v) is 8.58. The number of unbranched alkanes of at least 4 members (excludes halogenated alkanes) is 2. The topological polar surface area (TPSA) is 71.9 Å². The highest BCUT2D eigenvalue weighted by molar-refractivity contribution is 6.07. The average molecular weight is 340 g/mol. The summed E-state index contributed by atoms with van der Waals surface area (Å²) in [6.45, 7) is 2.93. The number of aromatic nitrogens is 1. The Balaban J connectivity index is 1.74. The lowest BCUT2D eigenvalue weighted by Crippen LogP contribution is -2.30. The van der Waals surface area contributed by atoms with Gasteiger partial charge in [0.2, 0.25) is 12.7 Å². The predicted molar refractivity (Wildman–Crippen MR) is 92.2 cm³/mol. The number of amides is 1. The second kappa shape index (κ2) is 6.27. The van der Waals surface area contributed by atoms with Crippen LogP contribution >= 0.6 is 0 Å². The molecular formula is C19H20N2O4. The van der Waals surface area contributed by atoms with Crippen molar-refractivity contribution in [3.8, 4) is 17.2 Å². The molecule has 0 saturated carbocycles. The van der Waals surface area contributed by atoms with Crippen molar-refractivity contribution in [1.82, 2.24) is 4.98 Å².